The van der Waals surface area contributed by atoms with E-state index in [0.717, 1.165) is 13.0 Å². The van der Waals surface area contributed by atoms with Crippen molar-refractivity contribution in [3.63, 3.8) is 0 Å². The van der Waals surface area contributed by atoms with Crippen LogP contribution >= 0.6 is 0 Å². The summed E-state index contributed by atoms with van der Waals surface area (Å²) in [7, 11) is 2.00. The van der Waals surface area contributed by atoms with Gasteiger partial charge in [0.2, 0.25) is 6.43 Å². The molecule has 0 aromatic rings. The van der Waals surface area contributed by atoms with E-state index in [2.05, 4.69) is 11.8 Å². The van der Waals surface area contributed by atoms with Gasteiger partial charge >= 0.3 is 0 Å². The van der Waals surface area contributed by atoms with E-state index < -0.39 is 12.3 Å². The van der Waals surface area contributed by atoms with Gasteiger partial charge in [0.25, 0.3) is 0 Å². The Bertz CT molecular complexity index is 225. The van der Waals surface area contributed by atoms with Gasteiger partial charge in [0.05, 0.1) is 6.61 Å². The number of hydrogen-bond acceptors (Lipinski definition) is 2. The third kappa shape index (κ3) is 2.92. The lowest BCUT2D eigenvalue weighted by Gasteiger charge is -2.31. The molecular formula is C12H23F2NO. The topological polar surface area (TPSA) is 12.5 Å². The van der Waals surface area contributed by atoms with Crippen LogP contribution in [0.25, 0.3) is 0 Å². The van der Waals surface area contributed by atoms with E-state index in [1.165, 1.54) is 0 Å². The SMILES string of the molecule is CCOC[C@]1(C)C[C@@H](C(C)C(F)F)CN1C. The van der Waals surface area contributed by atoms with Crippen LogP contribution in [0.5, 0.6) is 0 Å². The quantitative estimate of drug-likeness (QED) is 0.726. The van der Waals surface area contributed by atoms with Gasteiger partial charge in [-0.15, -0.1) is 0 Å². The monoisotopic (exact) mass is 235 g/mol. The highest BCUT2D eigenvalue weighted by Gasteiger charge is 2.43. The number of rotatable bonds is 5. The largest absolute Gasteiger partial charge is 0.380 e. The van der Waals surface area contributed by atoms with Crippen molar-refractivity contribution in [2.75, 3.05) is 26.8 Å². The van der Waals surface area contributed by atoms with Crippen molar-refractivity contribution >= 4 is 0 Å². The Labute approximate surface area is 97.0 Å². The first-order chi connectivity index (χ1) is 7.40. The zero-order valence-electron chi connectivity index (χ0n) is 10.7. The molecule has 0 aromatic heterocycles. The van der Waals surface area contributed by atoms with Crippen molar-refractivity contribution in [3.8, 4) is 0 Å². The summed E-state index contributed by atoms with van der Waals surface area (Å²) in [5.74, 6) is -0.443. The molecule has 1 aliphatic rings. The number of halogens is 2. The van der Waals surface area contributed by atoms with E-state index in [4.69, 9.17) is 4.74 Å². The number of likely N-dealkylation sites (N-methyl/N-ethyl adjacent to an activating group) is 1. The van der Waals surface area contributed by atoms with Gasteiger partial charge in [0, 0.05) is 24.6 Å². The second-order valence-corrected chi connectivity index (χ2v) is 5.17. The van der Waals surface area contributed by atoms with Crippen molar-refractivity contribution in [3.05, 3.63) is 0 Å². The van der Waals surface area contributed by atoms with Gasteiger partial charge in [-0.25, -0.2) is 8.78 Å². The summed E-state index contributed by atoms with van der Waals surface area (Å²) in [5, 5.41) is 0. The highest BCUT2D eigenvalue weighted by molar-refractivity contribution is 4.96. The Morgan fingerprint density at radius 2 is 2.12 bits per heavy atom. The minimum atomic E-state index is -2.21. The maximum absolute atomic E-state index is 12.7. The number of alkyl halides is 2. The Hall–Kier alpha value is -0.220. The summed E-state index contributed by atoms with van der Waals surface area (Å²) < 4.78 is 30.8. The molecule has 0 saturated carbocycles. The number of likely N-dealkylation sites (tertiary alicyclic amines) is 1. The van der Waals surface area contributed by atoms with Gasteiger partial charge in [-0.1, -0.05) is 6.92 Å². The van der Waals surface area contributed by atoms with Gasteiger partial charge in [0.1, 0.15) is 0 Å². The number of ether oxygens (including phenoxy) is 1. The van der Waals surface area contributed by atoms with E-state index in [1.807, 2.05) is 14.0 Å². The molecule has 1 unspecified atom stereocenters. The minimum Gasteiger partial charge on any atom is -0.380 e. The zero-order chi connectivity index (χ0) is 12.3. The molecule has 0 amide bonds. The molecule has 1 aliphatic heterocycles. The van der Waals surface area contributed by atoms with Crippen LogP contribution < -0.4 is 0 Å². The highest BCUT2D eigenvalue weighted by Crippen LogP contribution is 2.37. The Balaban J connectivity index is 2.58. The molecule has 0 spiro atoms. The molecule has 0 aromatic carbocycles. The normalized spacial score (nSPS) is 33.6. The standard InChI is InChI=1S/C12H23F2NO/c1-5-16-8-12(3)6-10(7-15(12)4)9(2)11(13)14/h9-11H,5-8H2,1-4H3/t9?,10-,12+/m1/s1. The van der Waals surface area contributed by atoms with Crippen LogP contribution in [-0.2, 0) is 4.74 Å². The third-order valence-electron chi connectivity index (χ3n) is 3.89. The lowest BCUT2D eigenvalue weighted by molar-refractivity contribution is 0.0396. The Kier molecular flexibility index (Phi) is 4.68. The number of hydrogen-bond donors (Lipinski definition) is 0. The predicted molar refractivity (Wildman–Crippen MR) is 60.8 cm³/mol. The molecule has 1 heterocycles. The predicted octanol–water partition coefficient (Wildman–Crippen LogP) is 2.63. The second kappa shape index (κ2) is 5.41. The fourth-order valence-corrected chi connectivity index (χ4v) is 2.41. The van der Waals surface area contributed by atoms with Crippen LogP contribution in [0.1, 0.15) is 27.2 Å². The van der Waals surface area contributed by atoms with Crippen molar-refractivity contribution in [2.24, 2.45) is 11.8 Å². The molecule has 2 nitrogen and oxygen atoms in total. The first kappa shape index (κ1) is 13.8. The summed E-state index contributed by atoms with van der Waals surface area (Å²) in [4.78, 5) is 2.16. The lowest BCUT2D eigenvalue weighted by Crippen LogP contribution is -2.42. The van der Waals surface area contributed by atoms with E-state index >= 15 is 0 Å². The molecule has 0 bridgehead atoms. The molecule has 4 heteroatoms. The van der Waals surface area contributed by atoms with E-state index in [-0.39, 0.29) is 11.5 Å². The van der Waals surface area contributed by atoms with Crippen molar-refractivity contribution in [2.45, 2.75) is 39.2 Å². The second-order valence-electron chi connectivity index (χ2n) is 5.17. The Morgan fingerprint density at radius 3 is 2.62 bits per heavy atom. The molecule has 1 fully saturated rings. The first-order valence-electron chi connectivity index (χ1n) is 5.98. The van der Waals surface area contributed by atoms with Crippen LogP contribution in [0.4, 0.5) is 8.78 Å². The molecule has 0 N–H and O–H groups in total. The molecule has 0 radical (unpaired) electrons. The van der Waals surface area contributed by atoms with E-state index in [0.29, 0.717) is 13.2 Å². The molecule has 3 atom stereocenters. The van der Waals surface area contributed by atoms with Crippen LogP contribution in [0, 0.1) is 11.8 Å². The molecule has 16 heavy (non-hydrogen) atoms. The summed E-state index contributed by atoms with van der Waals surface area (Å²) in [6.07, 6.45) is -1.41. The maximum Gasteiger partial charge on any atom is 0.241 e. The average molecular weight is 235 g/mol. The van der Waals surface area contributed by atoms with E-state index in [9.17, 15) is 8.78 Å². The molecular weight excluding hydrogens is 212 g/mol. The van der Waals surface area contributed by atoms with Crippen molar-refractivity contribution in [1.82, 2.24) is 4.90 Å². The summed E-state index contributed by atoms with van der Waals surface area (Å²) in [6.45, 7) is 7.76. The van der Waals surface area contributed by atoms with Gasteiger partial charge in [0.15, 0.2) is 0 Å². The maximum atomic E-state index is 12.7. The van der Waals surface area contributed by atoms with Crippen LogP contribution in [-0.4, -0.2) is 43.7 Å². The van der Waals surface area contributed by atoms with Crippen LogP contribution in [0.3, 0.4) is 0 Å². The van der Waals surface area contributed by atoms with Crippen molar-refractivity contribution in [1.29, 1.82) is 0 Å². The average Bonchev–Trinajstić information content (AvgIpc) is 2.52. The number of nitrogens with zero attached hydrogens (tertiary/aromatic N) is 1. The van der Waals surface area contributed by atoms with Gasteiger partial charge in [-0.3, -0.25) is 4.90 Å². The van der Waals surface area contributed by atoms with Crippen LogP contribution in [0.15, 0.2) is 0 Å². The molecule has 1 rings (SSSR count). The fourth-order valence-electron chi connectivity index (χ4n) is 2.41. The highest BCUT2D eigenvalue weighted by atomic mass is 19.3. The van der Waals surface area contributed by atoms with Crippen molar-refractivity contribution < 1.29 is 13.5 Å². The molecule has 1 saturated heterocycles. The molecule has 96 valence electrons. The fraction of sp³-hybridized carbons (Fsp3) is 1.00. The summed E-state index contributed by atoms with van der Waals surface area (Å²) in [5.41, 5.74) is -0.0795. The van der Waals surface area contributed by atoms with Gasteiger partial charge in [-0.05, 0) is 33.2 Å². The minimum absolute atomic E-state index is 0.0791. The van der Waals surface area contributed by atoms with Gasteiger partial charge in [-0.2, -0.15) is 0 Å². The summed E-state index contributed by atoms with van der Waals surface area (Å²) >= 11 is 0. The first-order valence-corrected chi connectivity index (χ1v) is 5.98. The molecule has 0 aliphatic carbocycles. The lowest BCUT2D eigenvalue weighted by atomic mass is 9.87. The van der Waals surface area contributed by atoms with Crippen LogP contribution in [0.2, 0.25) is 0 Å². The van der Waals surface area contributed by atoms with Gasteiger partial charge < -0.3 is 4.74 Å². The van der Waals surface area contributed by atoms with E-state index in [1.54, 1.807) is 6.92 Å². The summed E-state index contributed by atoms with van der Waals surface area (Å²) in [6, 6.07) is 0. The Morgan fingerprint density at radius 1 is 1.50 bits per heavy atom. The zero-order valence-corrected chi connectivity index (χ0v) is 10.7. The third-order valence-corrected chi connectivity index (χ3v) is 3.89. The smallest absolute Gasteiger partial charge is 0.241 e.